The van der Waals surface area contributed by atoms with Gasteiger partial charge in [0.25, 0.3) is 0 Å². The molecular weight excluding hydrogens is 200 g/mol. The summed E-state index contributed by atoms with van der Waals surface area (Å²) in [7, 11) is 1.63. The van der Waals surface area contributed by atoms with E-state index in [1.165, 1.54) is 10.9 Å². The molecule has 7 nitrogen and oxygen atoms in total. The van der Waals surface area contributed by atoms with E-state index in [1.807, 2.05) is 6.92 Å². The number of hydrogen-bond donors (Lipinski definition) is 1. The van der Waals surface area contributed by atoms with Crippen molar-refractivity contribution in [3.05, 3.63) is 16.3 Å². The fourth-order valence-electron chi connectivity index (χ4n) is 1.35. The topological polar surface area (TPSA) is 84.4 Å². The number of aryl methyl sites for hydroxylation is 1. The molecule has 0 unspecified atom stereocenters. The van der Waals surface area contributed by atoms with Gasteiger partial charge >= 0.3 is 5.69 Å². The SMILES string of the molecule is CCN(CCO)c1nn(C)cc1[N+](=O)[O-]. The van der Waals surface area contributed by atoms with Crippen molar-refractivity contribution in [2.24, 2.45) is 7.05 Å². The summed E-state index contributed by atoms with van der Waals surface area (Å²) < 4.78 is 1.40. The standard InChI is InChI=1S/C8H14N4O3/c1-3-11(4-5-13)8-7(12(14)15)6-10(2)9-8/h6,13H,3-5H2,1-2H3. The molecule has 0 aliphatic heterocycles. The van der Waals surface area contributed by atoms with Crippen LogP contribution in [0.15, 0.2) is 6.20 Å². The van der Waals surface area contributed by atoms with Crippen LogP contribution in [0.25, 0.3) is 0 Å². The van der Waals surface area contributed by atoms with Crippen LogP contribution in [0.1, 0.15) is 6.92 Å². The zero-order valence-electron chi connectivity index (χ0n) is 8.75. The quantitative estimate of drug-likeness (QED) is 0.557. The molecule has 0 aromatic carbocycles. The van der Waals surface area contributed by atoms with Crippen molar-refractivity contribution in [1.82, 2.24) is 9.78 Å². The predicted octanol–water partition coefficient (Wildman–Crippen LogP) is 0.147. The molecule has 0 aliphatic rings. The second kappa shape index (κ2) is 4.74. The molecule has 0 radical (unpaired) electrons. The number of likely N-dealkylation sites (N-methyl/N-ethyl adjacent to an activating group) is 1. The summed E-state index contributed by atoms with van der Waals surface area (Å²) in [6, 6.07) is 0. The largest absolute Gasteiger partial charge is 0.395 e. The molecule has 1 aromatic rings. The molecule has 84 valence electrons. The molecule has 0 amide bonds. The lowest BCUT2D eigenvalue weighted by molar-refractivity contribution is -0.384. The molecule has 1 aromatic heterocycles. The van der Waals surface area contributed by atoms with Gasteiger partial charge in [-0.1, -0.05) is 0 Å². The summed E-state index contributed by atoms with van der Waals surface area (Å²) in [5, 5.41) is 23.6. The van der Waals surface area contributed by atoms with E-state index >= 15 is 0 Å². The first-order valence-corrected chi connectivity index (χ1v) is 4.64. The summed E-state index contributed by atoms with van der Waals surface area (Å²) >= 11 is 0. The highest BCUT2D eigenvalue weighted by molar-refractivity contribution is 5.56. The number of nitrogens with zero attached hydrogens (tertiary/aromatic N) is 4. The molecule has 1 heterocycles. The van der Waals surface area contributed by atoms with E-state index in [-0.39, 0.29) is 12.3 Å². The Morgan fingerprint density at radius 3 is 2.87 bits per heavy atom. The minimum absolute atomic E-state index is 0.0344. The first-order chi connectivity index (χ1) is 7.10. The number of anilines is 1. The van der Waals surface area contributed by atoms with Crippen molar-refractivity contribution in [3.63, 3.8) is 0 Å². The molecule has 7 heteroatoms. The Labute approximate surface area is 87.1 Å². The lowest BCUT2D eigenvalue weighted by Crippen LogP contribution is -2.27. The predicted molar refractivity (Wildman–Crippen MR) is 54.8 cm³/mol. The van der Waals surface area contributed by atoms with Gasteiger partial charge in [-0.2, -0.15) is 0 Å². The molecule has 15 heavy (non-hydrogen) atoms. The lowest BCUT2D eigenvalue weighted by atomic mass is 10.4. The average molecular weight is 214 g/mol. The maximum Gasteiger partial charge on any atom is 0.330 e. The van der Waals surface area contributed by atoms with Gasteiger partial charge in [0.2, 0.25) is 5.82 Å². The molecule has 0 bridgehead atoms. The molecular formula is C8H14N4O3. The van der Waals surface area contributed by atoms with Crippen LogP contribution in [0.2, 0.25) is 0 Å². The third-order valence-corrected chi connectivity index (χ3v) is 2.04. The minimum Gasteiger partial charge on any atom is -0.395 e. The Morgan fingerprint density at radius 2 is 2.40 bits per heavy atom. The van der Waals surface area contributed by atoms with Crippen molar-refractivity contribution in [2.45, 2.75) is 6.92 Å². The summed E-state index contributed by atoms with van der Waals surface area (Å²) in [6.07, 6.45) is 1.36. The van der Waals surface area contributed by atoms with Gasteiger partial charge in [-0.15, -0.1) is 5.10 Å². The average Bonchev–Trinajstić information content (AvgIpc) is 2.56. The Morgan fingerprint density at radius 1 is 1.73 bits per heavy atom. The molecule has 0 saturated heterocycles. The number of aromatic nitrogens is 2. The van der Waals surface area contributed by atoms with Crippen molar-refractivity contribution in [3.8, 4) is 0 Å². The monoisotopic (exact) mass is 214 g/mol. The van der Waals surface area contributed by atoms with Crippen molar-refractivity contribution >= 4 is 11.5 Å². The van der Waals surface area contributed by atoms with Gasteiger partial charge < -0.3 is 10.0 Å². The van der Waals surface area contributed by atoms with E-state index < -0.39 is 4.92 Å². The highest BCUT2D eigenvalue weighted by Crippen LogP contribution is 2.25. The maximum atomic E-state index is 10.7. The number of aliphatic hydroxyl groups is 1. The smallest absolute Gasteiger partial charge is 0.330 e. The van der Waals surface area contributed by atoms with Gasteiger partial charge in [0.1, 0.15) is 6.20 Å². The number of rotatable bonds is 5. The van der Waals surface area contributed by atoms with Gasteiger partial charge in [-0.3, -0.25) is 14.8 Å². The molecule has 1 N–H and O–H groups in total. The summed E-state index contributed by atoms with van der Waals surface area (Å²) in [4.78, 5) is 11.9. The number of nitro groups is 1. The molecule has 0 atom stereocenters. The van der Waals surface area contributed by atoms with Crippen molar-refractivity contribution < 1.29 is 10.0 Å². The molecule has 1 rings (SSSR count). The van der Waals surface area contributed by atoms with E-state index in [0.29, 0.717) is 18.9 Å². The van der Waals surface area contributed by atoms with Gasteiger partial charge in [0, 0.05) is 20.1 Å². The third kappa shape index (κ3) is 2.44. The van der Waals surface area contributed by atoms with Crippen LogP contribution in [-0.2, 0) is 7.05 Å². The van der Waals surface area contributed by atoms with Crippen LogP contribution in [0.4, 0.5) is 11.5 Å². The molecule has 0 saturated carbocycles. The van der Waals surface area contributed by atoms with Crippen LogP contribution in [-0.4, -0.2) is 39.5 Å². The van der Waals surface area contributed by atoms with E-state index in [9.17, 15) is 10.1 Å². The number of hydrogen-bond acceptors (Lipinski definition) is 5. The van der Waals surface area contributed by atoms with Gasteiger partial charge in [-0.05, 0) is 6.92 Å². The second-order valence-electron chi connectivity index (χ2n) is 3.07. The van der Waals surface area contributed by atoms with Crippen LogP contribution < -0.4 is 4.90 Å². The van der Waals surface area contributed by atoms with Gasteiger partial charge in [0.05, 0.1) is 11.5 Å². The Bertz CT molecular complexity index is 350. The first-order valence-electron chi connectivity index (χ1n) is 4.64. The Hall–Kier alpha value is -1.63. The van der Waals surface area contributed by atoms with E-state index in [2.05, 4.69) is 5.10 Å². The maximum absolute atomic E-state index is 10.7. The van der Waals surface area contributed by atoms with Crippen molar-refractivity contribution in [1.29, 1.82) is 0 Å². The minimum atomic E-state index is -0.470. The van der Waals surface area contributed by atoms with Crippen molar-refractivity contribution in [2.75, 3.05) is 24.6 Å². The Balaban J connectivity index is 3.04. The Kier molecular flexibility index (Phi) is 3.62. The third-order valence-electron chi connectivity index (χ3n) is 2.04. The zero-order valence-corrected chi connectivity index (χ0v) is 8.75. The normalized spacial score (nSPS) is 10.3. The summed E-state index contributed by atoms with van der Waals surface area (Å²) in [5.41, 5.74) is -0.0344. The molecule has 0 fully saturated rings. The van der Waals surface area contributed by atoms with E-state index in [1.54, 1.807) is 11.9 Å². The van der Waals surface area contributed by atoms with Crippen LogP contribution in [0, 0.1) is 10.1 Å². The van der Waals surface area contributed by atoms with Gasteiger partial charge in [0.15, 0.2) is 0 Å². The van der Waals surface area contributed by atoms with Crippen LogP contribution in [0.5, 0.6) is 0 Å². The van der Waals surface area contributed by atoms with Gasteiger partial charge in [-0.25, -0.2) is 0 Å². The first kappa shape index (κ1) is 11.4. The molecule has 0 aliphatic carbocycles. The second-order valence-corrected chi connectivity index (χ2v) is 3.07. The lowest BCUT2D eigenvalue weighted by Gasteiger charge is -2.17. The number of aliphatic hydroxyl groups excluding tert-OH is 1. The zero-order chi connectivity index (χ0) is 11.4. The fraction of sp³-hybridized carbons (Fsp3) is 0.625. The van der Waals surface area contributed by atoms with E-state index in [0.717, 1.165) is 0 Å². The summed E-state index contributed by atoms with van der Waals surface area (Å²) in [6.45, 7) is 2.71. The fourth-order valence-corrected chi connectivity index (χ4v) is 1.35. The highest BCUT2D eigenvalue weighted by Gasteiger charge is 2.22. The van der Waals surface area contributed by atoms with Crippen LogP contribution in [0.3, 0.4) is 0 Å². The molecule has 0 spiro atoms. The highest BCUT2D eigenvalue weighted by atomic mass is 16.6. The van der Waals surface area contributed by atoms with E-state index in [4.69, 9.17) is 5.11 Å². The summed E-state index contributed by atoms with van der Waals surface area (Å²) in [5.74, 6) is 0.305. The van der Waals surface area contributed by atoms with Crippen LogP contribution >= 0.6 is 0 Å².